The van der Waals surface area contributed by atoms with Crippen molar-refractivity contribution in [1.82, 2.24) is 15.0 Å². The monoisotopic (exact) mass is 1910 g/mol. The summed E-state index contributed by atoms with van der Waals surface area (Å²) in [5.74, 6) is 0. The minimum absolute atomic E-state index is 0.436. The Bertz CT molecular complexity index is 9240. The molecular weight excluding hydrogens is 1810 g/mol. The van der Waals surface area contributed by atoms with Crippen LogP contribution in [-0.2, 0) is 32.5 Å². The first kappa shape index (κ1) is 88.7. The van der Waals surface area contributed by atoms with Crippen LogP contribution in [0.3, 0.4) is 0 Å². The second-order valence-electron chi connectivity index (χ2n) is 40.3. The first-order valence-corrected chi connectivity index (χ1v) is 52.1. The lowest BCUT2D eigenvalue weighted by atomic mass is 9.51. The molecule has 6 atom stereocenters. The molecule has 6 unspecified atom stereocenters. The molecule has 150 heavy (non-hydrogen) atoms. The molecule has 21 aromatic carbocycles. The van der Waals surface area contributed by atoms with Gasteiger partial charge in [0.2, 0.25) is 0 Å². The Morgan fingerprint density at radius 2 is 0.307 bits per heavy atom. The number of fused-ring (bicyclic) bond motifs is 15. The average Bonchev–Trinajstić information content (AvgIpc) is 1.46. The topological polar surface area (TPSA) is 38.7 Å². The summed E-state index contributed by atoms with van der Waals surface area (Å²) >= 11 is 0. The van der Waals surface area contributed by atoms with E-state index in [1.807, 2.05) is 55.4 Å². The third-order valence-corrected chi connectivity index (χ3v) is 33.4. The molecule has 0 bridgehead atoms. The standard InChI is InChI=1S/3C49H33N/c1-3-16-37(17-4-1)48(42-23-9-7-20-39(42)35-30-28-34(29-31-35)36-15-14-32-50-33-36)44-25-11-12-26-45(44)49(38-18-5-2-6-19-38)43-24-10-8-21-40(43)41-22-13-27-46(48)47(41)49;1-3-16-38(17-4-1)48(40-20-11-14-36(32-40)34-27-29-35(30-28-34)37-15-13-31-50-33-37)44-24-9-10-25-45(44)49(39-18-5-2-6-19-39)43-23-8-7-21-41(43)42-22-12-26-46(48)47(42)49;1-3-14-38(15-4-1)48(40-30-28-35(29-31-40)34-24-26-36(27-25-34)37-13-12-32-50-33-37)44-21-9-10-22-45(44)49(39-16-5-2-6-17-39)43-20-8-7-18-41(43)42-19-11-23-46(48)47(42)49/h3*1-33H. The first-order chi connectivity index (χ1) is 74.4. The smallest absolute Gasteiger partial charge is 0.0720 e. The Kier molecular flexibility index (Phi) is 21.3. The number of hydrogen-bond donors (Lipinski definition) is 0. The fraction of sp³-hybridized carbons (Fsp3) is 0.0408. The molecule has 0 radical (unpaired) electrons. The molecular formula is C147H99N3. The van der Waals surface area contributed by atoms with Gasteiger partial charge in [-0.25, -0.2) is 0 Å². The maximum atomic E-state index is 4.36. The van der Waals surface area contributed by atoms with Crippen molar-refractivity contribution >= 4 is 0 Å². The molecule has 702 valence electrons. The molecule has 6 aliphatic rings. The van der Waals surface area contributed by atoms with Crippen molar-refractivity contribution in [2.24, 2.45) is 0 Å². The summed E-state index contributed by atoms with van der Waals surface area (Å²) in [7, 11) is 0. The zero-order chi connectivity index (χ0) is 99.4. The third kappa shape index (κ3) is 13.1. The van der Waals surface area contributed by atoms with Gasteiger partial charge in [0.25, 0.3) is 0 Å². The van der Waals surface area contributed by atoms with Gasteiger partial charge in [0.15, 0.2) is 0 Å². The summed E-state index contributed by atoms with van der Waals surface area (Å²) in [5, 5.41) is 0. The lowest BCUT2D eigenvalue weighted by Crippen LogP contribution is -2.44. The molecule has 0 amide bonds. The minimum atomic E-state index is -0.595. The van der Waals surface area contributed by atoms with Crippen LogP contribution in [0.4, 0.5) is 0 Å². The zero-order valence-electron chi connectivity index (χ0n) is 82.5. The zero-order valence-corrected chi connectivity index (χ0v) is 82.5. The molecule has 0 saturated heterocycles. The molecule has 0 spiro atoms. The van der Waals surface area contributed by atoms with Crippen LogP contribution in [0.15, 0.2) is 601 Å². The molecule has 3 aromatic heterocycles. The Morgan fingerprint density at radius 1 is 0.107 bits per heavy atom. The Labute approximate surface area is 876 Å². The van der Waals surface area contributed by atoms with E-state index >= 15 is 0 Å². The van der Waals surface area contributed by atoms with E-state index in [0.29, 0.717) is 0 Å². The van der Waals surface area contributed by atoms with E-state index < -0.39 is 32.5 Å². The number of hydrogen-bond acceptors (Lipinski definition) is 3. The van der Waals surface area contributed by atoms with Gasteiger partial charge in [-0.1, -0.05) is 540 Å². The van der Waals surface area contributed by atoms with E-state index in [1.165, 1.54) is 206 Å². The van der Waals surface area contributed by atoms with E-state index in [-0.39, 0.29) is 0 Å². The van der Waals surface area contributed by atoms with Crippen LogP contribution in [0.25, 0.3) is 100 Å². The van der Waals surface area contributed by atoms with Crippen LogP contribution in [0, 0.1) is 0 Å². The Balaban J connectivity index is 0.000000108. The van der Waals surface area contributed by atoms with Crippen molar-refractivity contribution in [3.8, 4) is 100 Å². The van der Waals surface area contributed by atoms with Crippen LogP contribution >= 0.6 is 0 Å². The highest BCUT2D eigenvalue weighted by atomic mass is 14.7. The fourth-order valence-corrected chi connectivity index (χ4v) is 27.6. The summed E-state index contributed by atoms with van der Waals surface area (Å²) in [6.45, 7) is 0. The molecule has 3 heteroatoms. The highest BCUT2D eigenvalue weighted by Crippen LogP contribution is 2.71. The fourth-order valence-electron chi connectivity index (χ4n) is 27.6. The van der Waals surface area contributed by atoms with Crippen LogP contribution in [0.5, 0.6) is 0 Å². The van der Waals surface area contributed by atoms with Crippen molar-refractivity contribution in [2.75, 3.05) is 0 Å². The molecule has 0 fully saturated rings. The number of pyridine rings is 3. The minimum Gasteiger partial charge on any atom is -0.264 e. The predicted octanol–water partition coefficient (Wildman–Crippen LogP) is 34.4. The van der Waals surface area contributed by atoms with Gasteiger partial charge in [-0.05, 0) is 258 Å². The normalized spacial score (nSPS) is 18.2. The van der Waals surface area contributed by atoms with Crippen molar-refractivity contribution in [3.05, 3.63) is 735 Å². The average molecular weight is 1910 g/mol. The summed E-state index contributed by atoms with van der Waals surface area (Å²) in [6, 6.07) is 210. The number of nitrogens with zero attached hydrogens (tertiary/aromatic N) is 3. The van der Waals surface area contributed by atoms with E-state index in [2.05, 4.69) is 561 Å². The van der Waals surface area contributed by atoms with Crippen LogP contribution in [-0.4, -0.2) is 15.0 Å². The number of rotatable bonds is 15. The lowest BCUT2D eigenvalue weighted by molar-refractivity contribution is 0.627. The van der Waals surface area contributed by atoms with E-state index in [4.69, 9.17) is 0 Å². The van der Waals surface area contributed by atoms with Crippen LogP contribution in [0.2, 0.25) is 0 Å². The summed E-state index contributed by atoms with van der Waals surface area (Å²) in [4.78, 5) is 13.0. The maximum absolute atomic E-state index is 4.36. The van der Waals surface area contributed by atoms with E-state index in [1.54, 1.807) is 0 Å². The molecule has 0 saturated carbocycles. The predicted molar refractivity (Wildman–Crippen MR) is 613 cm³/mol. The van der Waals surface area contributed by atoms with Gasteiger partial charge in [0, 0.05) is 37.2 Å². The largest absolute Gasteiger partial charge is 0.264 e. The van der Waals surface area contributed by atoms with Gasteiger partial charge >= 0.3 is 0 Å². The van der Waals surface area contributed by atoms with Crippen molar-refractivity contribution in [2.45, 2.75) is 32.5 Å². The van der Waals surface area contributed by atoms with Gasteiger partial charge < -0.3 is 0 Å². The first-order valence-electron chi connectivity index (χ1n) is 52.1. The molecule has 6 aliphatic carbocycles. The molecule has 3 nitrogen and oxygen atoms in total. The highest BCUT2D eigenvalue weighted by Gasteiger charge is 2.62. The number of benzene rings is 21. The highest BCUT2D eigenvalue weighted by molar-refractivity contribution is 5.97. The second-order valence-corrected chi connectivity index (χ2v) is 40.3. The van der Waals surface area contributed by atoms with Crippen LogP contribution in [0.1, 0.15) is 134 Å². The summed E-state index contributed by atoms with van der Waals surface area (Å²) in [6.07, 6.45) is 11.2. The quantitative estimate of drug-likeness (QED) is 0.103. The van der Waals surface area contributed by atoms with E-state index in [0.717, 1.165) is 27.8 Å². The van der Waals surface area contributed by atoms with E-state index in [9.17, 15) is 0 Å². The molecule has 30 rings (SSSR count). The maximum Gasteiger partial charge on any atom is 0.0720 e. The second kappa shape index (κ2) is 36.1. The molecule has 0 N–H and O–H groups in total. The molecule has 0 aliphatic heterocycles. The third-order valence-electron chi connectivity index (χ3n) is 33.4. The van der Waals surface area contributed by atoms with Crippen molar-refractivity contribution in [3.63, 3.8) is 0 Å². The van der Waals surface area contributed by atoms with Crippen molar-refractivity contribution in [1.29, 1.82) is 0 Å². The van der Waals surface area contributed by atoms with Gasteiger partial charge in [0.05, 0.1) is 32.5 Å². The molecule has 3 heterocycles. The van der Waals surface area contributed by atoms with Gasteiger partial charge in [-0.2, -0.15) is 0 Å². The SMILES string of the molecule is c1ccc(C2(c3ccc(-c4ccc(-c5cccnc5)cc4)cc3)c3ccccc3C3(c4ccccc4)c4ccccc4-c4cccc2c43)cc1.c1ccc(C2(c3cccc(-c4ccc(-c5cccnc5)cc4)c3)c3ccccc3C3(c4ccccc4)c4ccccc4-c4cccc2c43)cc1.c1ccc(C2(c3ccccc3-c3ccc(-c4cccnc4)cc3)c3ccccc3C3(c4ccccc4)c4ccccc4-c4cccc2c43)cc1. The van der Waals surface area contributed by atoms with Gasteiger partial charge in [0.1, 0.15) is 0 Å². The van der Waals surface area contributed by atoms with Crippen molar-refractivity contribution < 1.29 is 0 Å². The van der Waals surface area contributed by atoms with Gasteiger partial charge in [-0.15, -0.1) is 0 Å². The summed E-state index contributed by atoms with van der Waals surface area (Å²) < 4.78 is 0. The number of aromatic nitrogens is 3. The lowest BCUT2D eigenvalue weighted by Gasteiger charge is -2.50. The Hall–Kier alpha value is -18.9. The van der Waals surface area contributed by atoms with Crippen LogP contribution < -0.4 is 0 Å². The molecule has 24 aromatic rings. The Morgan fingerprint density at radius 3 is 0.633 bits per heavy atom. The summed E-state index contributed by atoms with van der Waals surface area (Å²) in [5.41, 5.74) is 50.6. The van der Waals surface area contributed by atoms with Gasteiger partial charge in [-0.3, -0.25) is 15.0 Å².